The fourth-order valence-corrected chi connectivity index (χ4v) is 1.47. The molecule has 4 nitrogen and oxygen atoms in total. The van der Waals surface area contributed by atoms with E-state index in [9.17, 15) is 4.79 Å². The van der Waals surface area contributed by atoms with Crippen molar-refractivity contribution in [2.75, 3.05) is 5.32 Å². The highest BCUT2D eigenvalue weighted by atomic mass is 35.5. The van der Waals surface area contributed by atoms with E-state index in [0.29, 0.717) is 28.6 Å². The van der Waals surface area contributed by atoms with Crippen molar-refractivity contribution in [1.82, 2.24) is 4.98 Å². The van der Waals surface area contributed by atoms with Gasteiger partial charge in [0.05, 0.1) is 11.9 Å². The van der Waals surface area contributed by atoms with Gasteiger partial charge in [0.1, 0.15) is 5.75 Å². The van der Waals surface area contributed by atoms with Gasteiger partial charge in [0, 0.05) is 11.2 Å². The summed E-state index contributed by atoms with van der Waals surface area (Å²) in [6, 6.07) is 8.51. The van der Waals surface area contributed by atoms with Crippen LogP contribution in [-0.2, 0) is 4.79 Å². The molecule has 0 aliphatic rings. The number of pyridine rings is 1. The molecule has 0 saturated carbocycles. The second kappa shape index (κ2) is 5.32. The Morgan fingerprint density at radius 2 is 2.24 bits per heavy atom. The Morgan fingerprint density at radius 1 is 1.35 bits per heavy atom. The van der Waals surface area contributed by atoms with Crippen LogP contribution in [0.1, 0.15) is 0 Å². The summed E-state index contributed by atoms with van der Waals surface area (Å²) < 4.78 is 5.57. The van der Waals surface area contributed by atoms with E-state index in [1.54, 1.807) is 42.7 Å². The lowest BCUT2D eigenvalue weighted by Crippen LogP contribution is -1.97. The lowest BCUT2D eigenvalue weighted by atomic mass is 10.3. The summed E-state index contributed by atoms with van der Waals surface area (Å²) in [4.78, 5) is 14.4. The van der Waals surface area contributed by atoms with Crippen LogP contribution in [0.5, 0.6) is 11.5 Å². The predicted molar refractivity (Wildman–Crippen MR) is 65.4 cm³/mol. The van der Waals surface area contributed by atoms with Crippen molar-refractivity contribution in [3.8, 4) is 11.5 Å². The van der Waals surface area contributed by atoms with E-state index in [2.05, 4.69) is 10.3 Å². The number of nitrogens with one attached hydrogen (secondary N) is 1. The molecule has 0 aliphatic heterocycles. The molecular weight excluding hydrogens is 240 g/mol. The topological polar surface area (TPSA) is 51.2 Å². The highest BCUT2D eigenvalue weighted by molar-refractivity contribution is 6.31. The molecule has 0 spiro atoms. The first kappa shape index (κ1) is 11.4. The third-order valence-corrected chi connectivity index (χ3v) is 2.25. The average Bonchev–Trinajstić information content (AvgIpc) is 2.34. The molecule has 17 heavy (non-hydrogen) atoms. The number of rotatable bonds is 4. The van der Waals surface area contributed by atoms with E-state index < -0.39 is 0 Å². The fraction of sp³-hybridized carbons (Fsp3) is 0. The fourth-order valence-electron chi connectivity index (χ4n) is 1.30. The number of aromatic nitrogens is 1. The number of benzene rings is 1. The average molecular weight is 249 g/mol. The van der Waals surface area contributed by atoms with E-state index in [0.717, 1.165) is 0 Å². The summed E-state index contributed by atoms with van der Waals surface area (Å²) in [5.74, 6) is 1.10. The van der Waals surface area contributed by atoms with Crippen LogP contribution in [0.25, 0.3) is 0 Å². The Morgan fingerprint density at radius 3 is 2.94 bits per heavy atom. The molecule has 0 bridgehead atoms. The van der Waals surface area contributed by atoms with Gasteiger partial charge >= 0.3 is 0 Å². The van der Waals surface area contributed by atoms with Crippen LogP contribution in [0, 0.1) is 0 Å². The third-order valence-electron chi connectivity index (χ3n) is 2.02. The maximum Gasteiger partial charge on any atom is 0.211 e. The van der Waals surface area contributed by atoms with Crippen LogP contribution in [0.2, 0.25) is 5.02 Å². The number of halogens is 1. The van der Waals surface area contributed by atoms with E-state index in [1.807, 2.05) is 0 Å². The van der Waals surface area contributed by atoms with Gasteiger partial charge in [0.2, 0.25) is 6.41 Å². The van der Waals surface area contributed by atoms with Crippen LogP contribution in [0.15, 0.2) is 42.7 Å². The zero-order valence-corrected chi connectivity index (χ0v) is 9.52. The molecular formula is C12H9ClN2O2. The standard InChI is InChI=1S/C12H9ClN2O2/c13-9-3-4-12(11(6-9)15-8-16)17-10-2-1-5-14-7-10/h1-8H,(H,15,16). The second-order valence-corrected chi connectivity index (χ2v) is 3.63. The molecule has 1 aromatic heterocycles. The number of amides is 1. The second-order valence-electron chi connectivity index (χ2n) is 3.19. The number of nitrogens with zero attached hydrogens (tertiary/aromatic N) is 1. The Labute approximate surface area is 103 Å². The van der Waals surface area contributed by atoms with Crippen LogP contribution < -0.4 is 10.1 Å². The summed E-state index contributed by atoms with van der Waals surface area (Å²) in [6.45, 7) is 0. The zero-order chi connectivity index (χ0) is 12.1. The van der Waals surface area contributed by atoms with Crippen molar-refractivity contribution in [3.63, 3.8) is 0 Å². The summed E-state index contributed by atoms with van der Waals surface area (Å²) >= 11 is 5.83. The number of ether oxygens (including phenoxy) is 1. The minimum Gasteiger partial charge on any atom is -0.454 e. The van der Waals surface area contributed by atoms with Crippen molar-refractivity contribution >= 4 is 23.7 Å². The normalized spacial score (nSPS) is 9.71. The minimum absolute atomic E-state index is 0.509. The molecule has 0 unspecified atom stereocenters. The van der Waals surface area contributed by atoms with Gasteiger partial charge in [-0.1, -0.05) is 11.6 Å². The van der Waals surface area contributed by atoms with E-state index in [4.69, 9.17) is 16.3 Å². The number of anilines is 1. The quantitative estimate of drug-likeness (QED) is 0.846. The van der Waals surface area contributed by atoms with Gasteiger partial charge < -0.3 is 10.1 Å². The first-order valence-corrected chi connectivity index (χ1v) is 5.25. The van der Waals surface area contributed by atoms with E-state index in [-0.39, 0.29) is 0 Å². The Kier molecular flexibility index (Phi) is 3.57. The predicted octanol–water partition coefficient (Wildman–Crippen LogP) is 3.10. The summed E-state index contributed by atoms with van der Waals surface area (Å²) in [6.07, 6.45) is 3.81. The maximum atomic E-state index is 10.5. The third kappa shape index (κ3) is 2.95. The van der Waals surface area contributed by atoms with Crippen LogP contribution in [0.3, 0.4) is 0 Å². The van der Waals surface area contributed by atoms with Crippen molar-refractivity contribution in [3.05, 3.63) is 47.7 Å². The van der Waals surface area contributed by atoms with Crippen molar-refractivity contribution < 1.29 is 9.53 Å². The molecule has 0 atom stereocenters. The molecule has 1 heterocycles. The molecule has 0 aliphatic carbocycles. The van der Waals surface area contributed by atoms with Crippen LogP contribution >= 0.6 is 11.6 Å². The summed E-state index contributed by atoms with van der Waals surface area (Å²) in [7, 11) is 0. The molecule has 1 amide bonds. The molecule has 5 heteroatoms. The van der Waals surface area contributed by atoms with Crippen molar-refractivity contribution in [2.24, 2.45) is 0 Å². The van der Waals surface area contributed by atoms with Gasteiger partial charge in [-0.3, -0.25) is 9.78 Å². The zero-order valence-electron chi connectivity index (χ0n) is 8.76. The highest BCUT2D eigenvalue weighted by Crippen LogP contribution is 2.31. The van der Waals surface area contributed by atoms with Crippen LogP contribution in [-0.4, -0.2) is 11.4 Å². The maximum absolute atomic E-state index is 10.5. The smallest absolute Gasteiger partial charge is 0.211 e. The number of carbonyl (C=O) groups excluding carboxylic acids is 1. The SMILES string of the molecule is O=CNc1cc(Cl)ccc1Oc1cccnc1. The number of hydrogen-bond donors (Lipinski definition) is 1. The lowest BCUT2D eigenvalue weighted by molar-refractivity contribution is -0.105. The molecule has 1 N–H and O–H groups in total. The van der Waals surface area contributed by atoms with Gasteiger partial charge in [-0.25, -0.2) is 0 Å². The molecule has 86 valence electrons. The largest absolute Gasteiger partial charge is 0.454 e. The number of hydrogen-bond acceptors (Lipinski definition) is 3. The molecule has 2 rings (SSSR count). The molecule has 0 saturated heterocycles. The molecule has 0 radical (unpaired) electrons. The van der Waals surface area contributed by atoms with Gasteiger partial charge in [0.25, 0.3) is 0 Å². The van der Waals surface area contributed by atoms with Crippen molar-refractivity contribution in [1.29, 1.82) is 0 Å². The van der Waals surface area contributed by atoms with E-state index in [1.165, 1.54) is 0 Å². The van der Waals surface area contributed by atoms with Gasteiger partial charge in [-0.15, -0.1) is 0 Å². The number of carbonyl (C=O) groups is 1. The van der Waals surface area contributed by atoms with Crippen LogP contribution in [0.4, 0.5) is 5.69 Å². The molecule has 0 fully saturated rings. The Hall–Kier alpha value is -2.07. The Balaban J connectivity index is 2.29. The van der Waals surface area contributed by atoms with E-state index >= 15 is 0 Å². The first-order valence-electron chi connectivity index (χ1n) is 4.87. The van der Waals surface area contributed by atoms with Crippen molar-refractivity contribution in [2.45, 2.75) is 0 Å². The highest BCUT2D eigenvalue weighted by Gasteiger charge is 2.05. The van der Waals surface area contributed by atoms with Gasteiger partial charge in [-0.05, 0) is 30.3 Å². The minimum atomic E-state index is 0.509. The first-order chi connectivity index (χ1) is 8.29. The Bertz CT molecular complexity index is 517. The van der Waals surface area contributed by atoms with Gasteiger partial charge in [-0.2, -0.15) is 0 Å². The van der Waals surface area contributed by atoms with Gasteiger partial charge in [0.15, 0.2) is 5.75 Å². The molecule has 1 aromatic carbocycles. The summed E-state index contributed by atoms with van der Waals surface area (Å²) in [5, 5.41) is 3.05. The molecule has 2 aromatic rings. The lowest BCUT2D eigenvalue weighted by Gasteiger charge is -2.10. The summed E-state index contributed by atoms with van der Waals surface area (Å²) in [5.41, 5.74) is 0.511. The monoisotopic (exact) mass is 248 g/mol.